The van der Waals surface area contributed by atoms with Crippen LogP contribution in [0.2, 0.25) is 0 Å². The highest BCUT2D eigenvalue weighted by Crippen LogP contribution is 2.31. The van der Waals surface area contributed by atoms with E-state index >= 15 is 0 Å². The monoisotopic (exact) mass is 295 g/mol. The van der Waals surface area contributed by atoms with Crippen LogP contribution in [0.3, 0.4) is 0 Å². The first-order valence-electron chi connectivity index (χ1n) is 4.32. The van der Waals surface area contributed by atoms with E-state index in [9.17, 15) is 18.9 Å². The molecule has 0 saturated carbocycles. The van der Waals surface area contributed by atoms with Gasteiger partial charge in [0.1, 0.15) is 6.61 Å². The molecule has 0 unspecified atom stereocenters. The van der Waals surface area contributed by atoms with E-state index in [2.05, 4.69) is 15.9 Å². The molecule has 16 heavy (non-hydrogen) atoms. The number of rotatable bonds is 4. The van der Waals surface area contributed by atoms with Gasteiger partial charge in [-0.1, -0.05) is 15.9 Å². The fourth-order valence-corrected chi connectivity index (χ4v) is 1.13. The van der Waals surface area contributed by atoms with Crippen LogP contribution >= 0.6 is 15.9 Å². The summed E-state index contributed by atoms with van der Waals surface area (Å²) in [7, 11) is 0. The standard InChI is InChI=1S/C9H8BrF2NO3/c1-5(10)4-16-9-7(13(14)15)3-2-6(11)8(9)12/h2-3,5H,4H2,1H3/t5-/m1/s1. The highest BCUT2D eigenvalue weighted by atomic mass is 79.9. The number of nitro groups is 1. The van der Waals surface area contributed by atoms with E-state index < -0.39 is 28.0 Å². The molecule has 0 aromatic heterocycles. The normalized spacial score (nSPS) is 12.2. The quantitative estimate of drug-likeness (QED) is 0.487. The Morgan fingerprint density at radius 2 is 2.19 bits per heavy atom. The van der Waals surface area contributed by atoms with Crippen molar-refractivity contribution in [2.45, 2.75) is 11.8 Å². The highest BCUT2D eigenvalue weighted by Gasteiger charge is 2.23. The van der Waals surface area contributed by atoms with Gasteiger partial charge in [-0.25, -0.2) is 4.39 Å². The highest BCUT2D eigenvalue weighted by molar-refractivity contribution is 9.09. The van der Waals surface area contributed by atoms with Crippen LogP contribution in [0.1, 0.15) is 6.92 Å². The molecule has 88 valence electrons. The van der Waals surface area contributed by atoms with Crippen molar-refractivity contribution < 1.29 is 18.4 Å². The molecule has 0 amide bonds. The van der Waals surface area contributed by atoms with Crippen LogP contribution in [-0.2, 0) is 0 Å². The maximum Gasteiger partial charge on any atom is 0.314 e. The molecule has 1 rings (SSSR count). The van der Waals surface area contributed by atoms with Gasteiger partial charge >= 0.3 is 5.69 Å². The van der Waals surface area contributed by atoms with E-state index in [0.29, 0.717) is 6.07 Å². The van der Waals surface area contributed by atoms with E-state index in [1.807, 2.05) is 0 Å². The maximum atomic E-state index is 13.3. The number of nitro benzene ring substituents is 1. The second-order valence-corrected chi connectivity index (χ2v) is 4.62. The van der Waals surface area contributed by atoms with Crippen molar-refractivity contribution in [3.8, 4) is 5.75 Å². The summed E-state index contributed by atoms with van der Waals surface area (Å²) in [5, 5.41) is 10.6. The molecule has 0 heterocycles. The Morgan fingerprint density at radius 1 is 1.56 bits per heavy atom. The Morgan fingerprint density at radius 3 is 2.69 bits per heavy atom. The summed E-state index contributed by atoms with van der Waals surface area (Å²) in [4.78, 5) is 9.60. The zero-order valence-electron chi connectivity index (χ0n) is 8.25. The van der Waals surface area contributed by atoms with Crippen molar-refractivity contribution in [1.29, 1.82) is 0 Å². The average molecular weight is 296 g/mol. The lowest BCUT2D eigenvalue weighted by Gasteiger charge is -2.09. The van der Waals surface area contributed by atoms with Crippen molar-refractivity contribution in [2.75, 3.05) is 6.61 Å². The van der Waals surface area contributed by atoms with E-state index in [0.717, 1.165) is 6.07 Å². The van der Waals surface area contributed by atoms with Crippen LogP contribution in [0.5, 0.6) is 5.75 Å². The minimum Gasteiger partial charge on any atom is -0.484 e. The third-order valence-electron chi connectivity index (χ3n) is 1.68. The smallest absolute Gasteiger partial charge is 0.314 e. The predicted octanol–water partition coefficient (Wildman–Crippen LogP) is 3.04. The number of nitrogens with zero attached hydrogens (tertiary/aromatic N) is 1. The predicted molar refractivity (Wildman–Crippen MR) is 56.9 cm³/mol. The molecule has 0 aliphatic heterocycles. The van der Waals surface area contributed by atoms with Crippen LogP contribution < -0.4 is 4.74 Å². The van der Waals surface area contributed by atoms with Gasteiger partial charge in [0.15, 0.2) is 5.82 Å². The van der Waals surface area contributed by atoms with Crippen LogP contribution in [0, 0.1) is 21.7 Å². The number of hydrogen-bond donors (Lipinski definition) is 0. The van der Waals surface area contributed by atoms with Crippen molar-refractivity contribution in [1.82, 2.24) is 0 Å². The van der Waals surface area contributed by atoms with Gasteiger partial charge in [0.25, 0.3) is 0 Å². The van der Waals surface area contributed by atoms with Crippen molar-refractivity contribution in [2.24, 2.45) is 0 Å². The molecule has 0 spiro atoms. The number of benzene rings is 1. The Bertz CT molecular complexity index is 412. The lowest BCUT2D eigenvalue weighted by Crippen LogP contribution is -2.10. The van der Waals surface area contributed by atoms with E-state index in [1.165, 1.54) is 0 Å². The molecule has 0 radical (unpaired) electrons. The molecule has 0 aliphatic rings. The average Bonchev–Trinajstić information content (AvgIpc) is 2.19. The lowest BCUT2D eigenvalue weighted by molar-refractivity contribution is -0.386. The molecule has 0 saturated heterocycles. The Kier molecular flexibility index (Phi) is 4.17. The van der Waals surface area contributed by atoms with Gasteiger partial charge < -0.3 is 4.74 Å². The van der Waals surface area contributed by atoms with Crippen molar-refractivity contribution >= 4 is 21.6 Å². The number of alkyl halides is 1. The molecule has 4 nitrogen and oxygen atoms in total. The van der Waals surface area contributed by atoms with E-state index in [-0.39, 0.29) is 11.4 Å². The lowest BCUT2D eigenvalue weighted by atomic mass is 10.2. The van der Waals surface area contributed by atoms with Gasteiger partial charge in [0.05, 0.1) is 4.92 Å². The summed E-state index contributed by atoms with van der Waals surface area (Å²) < 4.78 is 31.0. The second-order valence-electron chi connectivity index (χ2n) is 3.06. The molecule has 0 N–H and O–H groups in total. The first-order valence-corrected chi connectivity index (χ1v) is 5.24. The fraction of sp³-hybridized carbons (Fsp3) is 0.333. The minimum absolute atomic E-state index is 0.00120. The van der Waals surface area contributed by atoms with E-state index in [1.54, 1.807) is 6.92 Å². The largest absolute Gasteiger partial charge is 0.484 e. The summed E-state index contributed by atoms with van der Waals surface area (Å²) in [6.45, 7) is 1.71. The van der Waals surface area contributed by atoms with Gasteiger partial charge in [0, 0.05) is 10.9 Å². The molecule has 0 aliphatic carbocycles. The maximum absolute atomic E-state index is 13.3. The third-order valence-corrected chi connectivity index (χ3v) is 1.95. The van der Waals surface area contributed by atoms with Crippen LogP contribution in [0.4, 0.5) is 14.5 Å². The number of halogens is 3. The van der Waals surface area contributed by atoms with Gasteiger partial charge in [-0.05, 0) is 13.0 Å². The molecule has 1 aromatic rings. The molecule has 1 atom stereocenters. The molecule has 0 fully saturated rings. The van der Waals surface area contributed by atoms with Crippen LogP contribution in [0.15, 0.2) is 12.1 Å². The number of ether oxygens (including phenoxy) is 1. The molecular weight excluding hydrogens is 288 g/mol. The fourth-order valence-electron chi connectivity index (χ4n) is 1.00. The first kappa shape index (κ1) is 12.8. The molecule has 0 bridgehead atoms. The van der Waals surface area contributed by atoms with Crippen LogP contribution in [-0.4, -0.2) is 16.4 Å². The first-order chi connectivity index (χ1) is 7.43. The summed E-state index contributed by atoms with van der Waals surface area (Å²) >= 11 is 3.13. The SMILES string of the molecule is C[C@@H](Br)COc1c([N+](=O)[O-])ccc(F)c1F. The minimum atomic E-state index is -1.35. The molecular formula is C9H8BrF2NO3. The molecule has 1 aromatic carbocycles. The topological polar surface area (TPSA) is 52.4 Å². The Hall–Kier alpha value is -1.24. The summed E-state index contributed by atoms with van der Waals surface area (Å²) in [6.07, 6.45) is 0. The summed E-state index contributed by atoms with van der Waals surface area (Å²) in [5.74, 6) is -3.19. The second kappa shape index (κ2) is 5.20. The molecule has 7 heteroatoms. The van der Waals surface area contributed by atoms with Gasteiger partial charge in [-0.15, -0.1) is 0 Å². The van der Waals surface area contributed by atoms with Gasteiger partial charge in [-0.2, -0.15) is 4.39 Å². The van der Waals surface area contributed by atoms with Gasteiger partial charge in [-0.3, -0.25) is 10.1 Å². The number of hydrogen-bond acceptors (Lipinski definition) is 3. The zero-order chi connectivity index (χ0) is 12.3. The Balaban J connectivity index is 3.11. The Labute approximate surface area is 98.5 Å². The zero-order valence-corrected chi connectivity index (χ0v) is 9.83. The van der Waals surface area contributed by atoms with Crippen molar-refractivity contribution in [3.63, 3.8) is 0 Å². The third kappa shape index (κ3) is 2.88. The van der Waals surface area contributed by atoms with E-state index in [4.69, 9.17) is 4.74 Å². The summed E-state index contributed by atoms with van der Waals surface area (Å²) in [6, 6.07) is 1.56. The van der Waals surface area contributed by atoms with Gasteiger partial charge in [0.2, 0.25) is 11.6 Å². The van der Waals surface area contributed by atoms with Crippen LogP contribution in [0.25, 0.3) is 0 Å². The summed E-state index contributed by atoms with van der Waals surface area (Å²) in [5.41, 5.74) is -0.591. The van der Waals surface area contributed by atoms with Crippen molar-refractivity contribution in [3.05, 3.63) is 33.9 Å².